The van der Waals surface area contributed by atoms with E-state index in [0.29, 0.717) is 10.6 Å². The van der Waals surface area contributed by atoms with Gasteiger partial charge in [0.05, 0.1) is 17.3 Å². The minimum absolute atomic E-state index is 0.0231. The number of carbonyl (C=O) groups is 1. The van der Waals surface area contributed by atoms with E-state index in [9.17, 15) is 4.79 Å². The van der Waals surface area contributed by atoms with Gasteiger partial charge in [-0.15, -0.1) is 0 Å². The molecule has 1 aliphatic carbocycles. The Morgan fingerprint density at radius 1 is 1.30 bits per heavy atom. The molecule has 1 spiro atoms. The van der Waals surface area contributed by atoms with Crippen LogP contribution in [-0.2, 0) is 11.8 Å². The van der Waals surface area contributed by atoms with Gasteiger partial charge >= 0.3 is 0 Å². The summed E-state index contributed by atoms with van der Waals surface area (Å²) in [6.07, 6.45) is 6.18. The summed E-state index contributed by atoms with van der Waals surface area (Å²) in [4.78, 5) is 20.1. The van der Waals surface area contributed by atoms with E-state index in [0.717, 1.165) is 55.4 Å². The first kappa shape index (κ1) is 16.8. The number of pyridine rings is 1. The van der Waals surface area contributed by atoms with E-state index in [1.54, 1.807) is 0 Å². The number of carbonyl (C=O) groups excluding carboxylic acids is 1. The van der Waals surface area contributed by atoms with E-state index in [-0.39, 0.29) is 11.3 Å². The number of aromatic nitrogens is 3. The number of nitrogens with one attached hydrogen (secondary N) is 1. The molecule has 2 aliphatic rings. The van der Waals surface area contributed by atoms with Gasteiger partial charge in [0.1, 0.15) is 0 Å². The summed E-state index contributed by atoms with van der Waals surface area (Å²) in [5.74, 6) is 0.0693. The molecule has 1 saturated heterocycles. The number of hydrogen-bond acceptors (Lipinski definition) is 3. The van der Waals surface area contributed by atoms with E-state index in [2.05, 4.69) is 15.2 Å². The van der Waals surface area contributed by atoms with Crippen molar-refractivity contribution in [2.24, 2.45) is 0 Å². The molecule has 0 radical (unpaired) electrons. The Balaban J connectivity index is 1.53. The van der Waals surface area contributed by atoms with Gasteiger partial charge in [0.25, 0.3) is 5.91 Å². The number of H-pyrrole nitrogens is 1. The fraction of sp³-hybridized carbons (Fsp3) is 0.381. The van der Waals surface area contributed by atoms with Gasteiger partial charge in [0.15, 0.2) is 0 Å². The number of likely N-dealkylation sites (tertiary alicyclic amines) is 1. The number of fused-ring (bicyclic) bond motifs is 3. The number of hydrogen-bond donors (Lipinski definition) is 1. The third-order valence-electron chi connectivity index (χ3n) is 6.11. The van der Waals surface area contributed by atoms with Crippen LogP contribution in [0.25, 0.3) is 10.9 Å². The van der Waals surface area contributed by atoms with Crippen molar-refractivity contribution in [3.8, 4) is 0 Å². The monoisotopic (exact) mass is 380 g/mol. The summed E-state index contributed by atoms with van der Waals surface area (Å²) in [5, 5.41) is 8.89. The molecule has 1 N–H and O–H groups in total. The molecule has 1 unspecified atom stereocenters. The molecule has 5 nitrogen and oxygen atoms in total. The molecule has 0 saturated carbocycles. The lowest BCUT2D eigenvalue weighted by atomic mass is 9.77. The normalized spacial score (nSPS) is 21.8. The highest BCUT2D eigenvalue weighted by atomic mass is 35.5. The van der Waals surface area contributed by atoms with Gasteiger partial charge in [0.2, 0.25) is 0 Å². The molecule has 1 amide bonds. The summed E-state index contributed by atoms with van der Waals surface area (Å²) < 4.78 is 0. The maximum absolute atomic E-state index is 13.5. The Kier molecular flexibility index (Phi) is 3.76. The minimum atomic E-state index is 0.0231. The zero-order valence-electron chi connectivity index (χ0n) is 15.3. The third kappa shape index (κ3) is 2.64. The second-order valence-corrected chi connectivity index (χ2v) is 8.29. The van der Waals surface area contributed by atoms with Gasteiger partial charge in [0, 0.05) is 40.3 Å². The van der Waals surface area contributed by atoms with Crippen molar-refractivity contribution >= 4 is 28.4 Å². The van der Waals surface area contributed by atoms with Crippen LogP contribution in [0.4, 0.5) is 0 Å². The average molecular weight is 381 g/mol. The second-order valence-electron chi connectivity index (χ2n) is 7.85. The highest BCUT2D eigenvalue weighted by Gasteiger charge is 2.44. The first-order valence-corrected chi connectivity index (χ1v) is 9.82. The highest BCUT2D eigenvalue weighted by Crippen LogP contribution is 2.44. The number of aromatic amines is 1. The maximum atomic E-state index is 13.5. The van der Waals surface area contributed by atoms with E-state index in [1.807, 2.05) is 42.3 Å². The van der Waals surface area contributed by atoms with Crippen LogP contribution in [0, 0.1) is 6.92 Å². The lowest BCUT2D eigenvalue weighted by Gasteiger charge is -2.40. The van der Waals surface area contributed by atoms with E-state index < -0.39 is 0 Å². The molecule has 0 bridgehead atoms. The number of nitrogens with zero attached hydrogens (tertiary/aromatic N) is 3. The zero-order chi connectivity index (χ0) is 18.6. The summed E-state index contributed by atoms with van der Waals surface area (Å²) in [6.45, 7) is 3.45. The van der Waals surface area contributed by atoms with Crippen LogP contribution >= 0.6 is 11.6 Å². The molecule has 3 heterocycles. The largest absolute Gasteiger partial charge is 0.338 e. The standard InChI is InChI=1S/C21H21ClN4O/c1-13-9-17(16-10-15(22)3-4-18(16)24-13)20(27)26-8-2-6-21(12-26)7-5-14-11-23-25-19(14)21/h3-4,9-11H,2,5-8,12H2,1H3,(H,23,25). The fourth-order valence-electron chi connectivity index (χ4n) is 4.85. The molecule has 138 valence electrons. The molecule has 3 aromatic rings. The molecule has 2 aromatic heterocycles. The molecule has 27 heavy (non-hydrogen) atoms. The van der Waals surface area contributed by atoms with Gasteiger partial charge in [-0.2, -0.15) is 5.10 Å². The predicted molar refractivity (Wildman–Crippen MR) is 105 cm³/mol. The summed E-state index contributed by atoms with van der Waals surface area (Å²) in [7, 11) is 0. The van der Waals surface area contributed by atoms with E-state index >= 15 is 0 Å². The van der Waals surface area contributed by atoms with Crippen LogP contribution in [0.5, 0.6) is 0 Å². The Bertz CT molecular complexity index is 1060. The number of halogens is 1. The van der Waals surface area contributed by atoms with Gasteiger partial charge in [-0.1, -0.05) is 11.6 Å². The number of amides is 1. The van der Waals surface area contributed by atoms with Crippen molar-refractivity contribution in [3.05, 3.63) is 58.0 Å². The topological polar surface area (TPSA) is 61.9 Å². The first-order valence-electron chi connectivity index (χ1n) is 9.45. The van der Waals surface area contributed by atoms with E-state index in [4.69, 9.17) is 11.6 Å². The molecule has 6 heteroatoms. The van der Waals surface area contributed by atoms with Crippen LogP contribution in [0.2, 0.25) is 5.02 Å². The minimum Gasteiger partial charge on any atom is -0.338 e. The van der Waals surface area contributed by atoms with Crippen molar-refractivity contribution in [3.63, 3.8) is 0 Å². The number of rotatable bonds is 1. The fourth-order valence-corrected chi connectivity index (χ4v) is 5.02. The van der Waals surface area contributed by atoms with Crippen molar-refractivity contribution in [2.45, 2.75) is 38.0 Å². The molecule has 1 fully saturated rings. The summed E-state index contributed by atoms with van der Waals surface area (Å²) in [5.41, 5.74) is 4.91. The van der Waals surface area contributed by atoms with Crippen molar-refractivity contribution in [2.75, 3.05) is 13.1 Å². The summed E-state index contributed by atoms with van der Waals surface area (Å²) >= 11 is 6.20. The van der Waals surface area contributed by atoms with Crippen LogP contribution in [-0.4, -0.2) is 39.1 Å². The van der Waals surface area contributed by atoms with Crippen LogP contribution in [0.3, 0.4) is 0 Å². The Hall–Kier alpha value is -2.40. The lowest BCUT2D eigenvalue weighted by Crippen LogP contribution is -2.47. The van der Waals surface area contributed by atoms with Gasteiger partial charge in [-0.3, -0.25) is 14.9 Å². The van der Waals surface area contributed by atoms with Crippen LogP contribution in [0.15, 0.2) is 30.5 Å². The number of piperidine rings is 1. The molecule has 1 atom stereocenters. The molecule has 5 rings (SSSR count). The van der Waals surface area contributed by atoms with Crippen LogP contribution in [0.1, 0.15) is 46.6 Å². The summed E-state index contributed by atoms with van der Waals surface area (Å²) in [6, 6.07) is 7.43. The Morgan fingerprint density at radius 2 is 2.19 bits per heavy atom. The van der Waals surface area contributed by atoms with Crippen molar-refractivity contribution in [1.29, 1.82) is 0 Å². The second kappa shape index (κ2) is 6.06. The van der Waals surface area contributed by atoms with Gasteiger partial charge < -0.3 is 4.90 Å². The SMILES string of the molecule is Cc1cc(C(=O)N2CCCC3(CCc4cn[nH]c43)C2)c2cc(Cl)ccc2n1. The Labute approximate surface area is 162 Å². The quantitative estimate of drug-likeness (QED) is 0.693. The molecule has 1 aliphatic heterocycles. The van der Waals surface area contributed by atoms with Gasteiger partial charge in [-0.25, -0.2) is 0 Å². The Morgan fingerprint density at radius 3 is 3.07 bits per heavy atom. The number of aryl methyl sites for hydroxylation is 2. The van der Waals surface area contributed by atoms with Crippen molar-refractivity contribution < 1.29 is 4.79 Å². The van der Waals surface area contributed by atoms with Crippen molar-refractivity contribution in [1.82, 2.24) is 20.1 Å². The molecular formula is C21H21ClN4O. The maximum Gasteiger partial charge on any atom is 0.254 e. The average Bonchev–Trinajstić information content (AvgIpc) is 3.26. The lowest BCUT2D eigenvalue weighted by molar-refractivity contribution is 0.0634. The highest BCUT2D eigenvalue weighted by molar-refractivity contribution is 6.31. The molecular weight excluding hydrogens is 360 g/mol. The number of benzene rings is 1. The first-order chi connectivity index (χ1) is 13.1. The smallest absolute Gasteiger partial charge is 0.254 e. The zero-order valence-corrected chi connectivity index (χ0v) is 16.0. The van der Waals surface area contributed by atoms with E-state index in [1.165, 1.54) is 11.3 Å². The molecule has 1 aromatic carbocycles. The van der Waals surface area contributed by atoms with Gasteiger partial charge in [-0.05, 0) is 62.4 Å². The third-order valence-corrected chi connectivity index (χ3v) is 6.35. The van der Waals surface area contributed by atoms with Crippen LogP contribution < -0.4 is 0 Å². The predicted octanol–water partition coefficient (Wildman–Crippen LogP) is 4.04.